The van der Waals surface area contributed by atoms with Crippen LogP contribution in [0.5, 0.6) is 5.88 Å². The average molecular weight is 375 g/mol. The van der Waals surface area contributed by atoms with Gasteiger partial charge >= 0.3 is 0 Å². The number of hydrogen-bond donors (Lipinski definition) is 0. The zero-order valence-corrected chi connectivity index (χ0v) is 15.7. The van der Waals surface area contributed by atoms with E-state index in [-0.39, 0.29) is 0 Å². The number of ether oxygens (including phenoxy) is 2. The lowest BCUT2D eigenvalue weighted by Crippen LogP contribution is -2.36. The van der Waals surface area contributed by atoms with Crippen molar-refractivity contribution in [2.24, 2.45) is 0 Å². The number of rotatable bonds is 5. The van der Waals surface area contributed by atoms with Crippen LogP contribution in [0, 0.1) is 11.3 Å². The maximum Gasteiger partial charge on any atom is 0.232 e. The molecule has 0 amide bonds. The summed E-state index contributed by atoms with van der Waals surface area (Å²) in [5.74, 6) is 0.961. The lowest BCUT2D eigenvalue weighted by atomic mass is 9.99. The maximum atomic E-state index is 9.75. The molecule has 1 aromatic carbocycles. The minimum Gasteiger partial charge on any atom is -0.477 e. The lowest BCUT2D eigenvalue weighted by Gasteiger charge is -2.29. The second kappa shape index (κ2) is 8.15. The molecule has 1 aliphatic rings. The highest BCUT2D eigenvalue weighted by atomic mass is 16.5. The first-order valence-corrected chi connectivity index (χ1v) is 9.35. The molecule has 142 valence electrons. The summed E-state index contributed by atoms with van der Waals surface area (Å²) < 4.78 is 16.6. The molecule has 3 heterocycles. The first-order valence-electron chi connectivity index (χ1n) is 9.35. The van der Waals surface area contributed by atoms with Gasteiger partial charge in [0.15, 0.2) is 5.76 Å². The van der Waals surface area contributed by atoms with E-state index >= 15 is 0 Å². The summed E-state index contributed by atoms with van der Waals surface area (Å²) in [4.78, 5) is 6.79. The molecule has 0 saturated carbocycles. The number of nitriles is 1. The second-order valence-corrected chi connectivity index (χ2v) is 6.40. The number of pyridine rings is 1. The van der Waals surface area contributed by atoms with E-state index in [9.17, 15) is 5.26 Å². The Morgan fingerprint density at radius 3 is 2.61 bits per heavy atom. The summed E-state index contributed by atoms with van der Waals surface area (Å²) in [5.41, 5.74) is 3.93. The molecular formula is C22H21N3O3. The number of anilines is 1. The summed E-state index contributed by atoms with van der Waals surface area (Å²) in [6.07, 6.45) is 1.60. The molecule has 0 N–H and O–H groups in total. The predicted molar refractivity (Wildman–Crippen MR) is 106 cm³/mol. The van der Waals surface area contributed by atoms with Crippen molar-refractivity contribution in [1.29, 1.82) is 5.26 Å². The fourth-order valence-electron chi connectivity index (χ4n) is 3.32. The first-order chi connectivity index (χ1) is 13.8. The Kier molecular flexibility index (Phi) is 5.27. The van der Waals surface area contributed by atoms with E-state index < -0.39 is 0 Å². The Hall–Kier alpha value is -3.30. The van der Waals surface area contributed by atoms with E-state index in [1.807, 2.05) is 37.3 Å². The topological polar surface area (TPSA) is 71.5 Å². The summed E-state index contributed by atoms with van der Waals surface area (Å²) in [6, 6.07) is 16.0. The first kappa shape index (κ1) is 18.1. The fraction of sp³-hybridized carbons (Fsp3) is 0.273. The molecular weight excluding hydrogens is 354 g/mol. The molecule has 1 aliphatic heterocycles. The van der Waals surface area contributed by atoms with Gasteiger partial charge in [0.1, 0.15) is 17.3 Å². The molecule has 0 spiro atoms. The molecule has 0 aliphatic carbocycles. The van der Waals surface area contributed by atoms with Crippen LogP contribution in [0.3, 0.4) is 0 Å². The zero-order chi connectivity index (χ0) is 19.3. The van der Waals surface area contributed by atoms with Crippen LogP contribution in [-0.4, -0.2) is 37.9 Å². The Bertz CT molecular complexity index is 970. The Morgan fingerprint density at radius 1 is 1.18 bits per heavy atom. The number of furan rings is 1. The van der Waals surface area contributed by atoms with Crippen molar-refractivity contribution in [3.8, 4) is 34.5 Å². The highest BCUT2D eigenvalue weighted by Gasteiger charge is 2.18. The largest absolute Gasteiger partial charge is 0.477 e. The number of morpholine rings is 1. The number of hydrogen-bond acceptors (Lipinski definition) is 6. The van der Waals surface area contributed by atoms with Crippen LogP contribution in [0.1, 0.15) is 12.5 Å². The molecule has 0 unspecified atom stereocenters. The molecule has 0 atom stereocenters. The zero-order valence-electron chi connectivity index (χ0n) is 15.7. The standard InChI is InChI=1S/C22H21N3O3/c1-2-27-22-19(15-23)18(14-20(24-22)21-4-3-11-28-21)16-5-7-17(8-6-16)25-9-12-26-13-10-25/h3-8,11,14H,2,9-10,12-13H2,1H3. The van der Waals surface area contributed by atoms with E-state index in [0.29, 0.717) is 29.5 Å². The van der Waals surface area contributed by atoms with Crippen LogP contribution in [-0.2, 0) is 4.74 Å². The molecule has 0 bridgehead atoms. The summed E-state index contributed by atoms with van der Waals surface area (Å²) in [5, 5.41) is 9.75. The number of benzene rings is 1. The summed E-state index contributed by atoms with van der Waals surface area (Å²) in [7, 11) is 0. The molecule has 28 heavy (non-hydrogen) atoms. The van der Waals surface area contributed by atoms with Crippen molar-refractivity contribution in [3.05, 3.63) is 54.3 Å². The van der Waals surface area contributed by atoms with Gasteiger partial charge in [-0.15, -0.1) is 0 Å². The molecule has 4 rings (SSSR count). The highest BCUT2D eigenvalue weighted by Crippen LogP contribution is 2.34. The van der Waals surface area contributed by atoms with Crippen molar-refractivity contribution < 1.29 is 13.9 Å². The molecule has 2 aromatic heterocycles. The summed E-state index contributed by atoms with van der Waals surface area (Å²) >= 11 is 0. The number of aromatic nitrogens is 1. The van der Waals surface area contributed by atoms with Crippen molar-refractivity contribution in [1.82, 2.24) is 4.98 Å². The molecule has 6 nitrogen and oxygen atoms in total. The fourth-order valence-corrected chi connectivity index (χ4v) is 3.32. The van der Waals surface area contributed by atoms with E-state index in [1.165, 1.54) is 0 Å². The van der Waals surface area contributed by atoms with Crippen LogP contribution >= 0.6 is 0 Å². The second-order valence-electron chi connectivity index (χ2n) is 6.40. The maximum absolute atomic E-state index is 9.75. The molecule has 6 heteroatoms. The van der Waals surface area contributed by atoms with Crippen molar-refractivity contribution >= 4 is 5.69 Å². The third-order valence-electron chi connectivity index (χ3n) is 4.71. The minimum absolute atomic E-state index is 0.325. The van der Waals surface area contributed by atoms with Crippen molar-refractivity contribution in [3.63, 3.8) is 0 Å². The average Bonchev–Trinajstić information content (AvgIpc) is 3.29. The van der Waals surface area contributed by atoms with Gasteiger partial charge in [0.2, 0.25) is 5.88 Å². The Morgan fingerprint density at radius 2 is 1.96 bits per heavy atom. The predicted octanol–water partition coefficient (Wildman–Crippen LogP) is 4.12. The molecule has 0 radical (unpaired) electrons. The summed E-state index contributed by atoms with van der Waals surface area (Å²) in [6.45, 7) is 5.56. The van der Waals surface area contributed by atoms with E-state index in [4.69, 9.17) is 13.9 Å². The van der Waals surface area contributed by atoms with Gasteiger partial charge in [0.05, 0.1) is 26.1 Å². The van der Waals surface area contributed by atoms with Crippen LogP contribution in [0.25, 0.3) is 22.6 Å². The van der Waals surface area contributed by atoms with Gasteiger partial charge in [-0.3, -0.25) is 0 Å². The minimum atomic E-state index is 0.325. The van der Waals surface area contributed by atoms with Crippen LogP contribution in [0.4, 0.5) is 5.69 Å². The van der Waals surface area contributed by atoms with Gasteiger partial charge in [-0.05, 0) is 42.8 Å². The lowest BCUT2D eigenvalue weighted by molar-refractivity contribution is 0.122. The monoisotopic (exact) mass is 375 g/mol. The normalized spacial score (nSPS) is 13.9. The van der Waals surface area contributed by atoms with Crippen molar-refractivity contribution in [2.45, 2.75) is 6.92 Å². The quantitative estimate of drug-likeness (QED) is 0.668. The van der Waals surface area contributed by atoms with E-state index in [0.717, 1.165) is 43.1 Å². The van der Waals surface area contributed by atoms with Gasteiger partial charge in [-0.1, -0.05) is 12.1 Å². The Balaban J connectivity index is 1.76. The van der Waals surface area contributed by atoms with E-state index in [2.05, 4.69) is 28.1 Å². The van der Waals surface area contributed by atoms with Crippen LogP contribution in [0.15, 0.2) is 53.1 Å². The molecule has 3 aromatic rings. The van der Waals surface area contributed by atoms with Gasteiger partial charge < -0.3 is 18.8 Å². The smallest absolute Gasteiger partial charge is 0.232 e. The molecule has 1 fully saturated rings. The number of nitrogens with zero attached hydrogens (tertiary/aromatic N) is 3. The van der Waals surface area contributed by atoms with Gasteiger partial charge in [-0.25, -0.2) is 4.98 Å². The van der Waals surface area contributed by atoms with E-state index in [1.54, 1.807) is 6.26 Å². The van der Waals surface area contributed by atoms with Gasteiger partial charge in [0, 0.05) is 24.3 Å². The van der Waals surface area contributed by atoms with Gasteiger partial charge in [0.25, 0.3) is 0 Å². The SMILES string of the molecule is CCOc1nc(-c2ccco2)cc(-c2ccc(N3CCOCC3)cc2)c1C#N. The van der Waals surface area contributed by atoms with Crippen LogP contribution in [0.2, 0.25) is 0 Å². The molecule has 1 saturated heterocycles. The highest BCUT2D eigenvalue weighted by molar-refractivity contribution is 5.77. The van der Waals surface area contributed by atoms with Gasteiger partial charge in [-0.2, -0.15) is 5.26 Å². The third-order valence-corrected chi connectivity index (χ3v) is 4.71. The third kappa shape index (κ3) is 3.57. The Labute approximate surface area is 163 Å². The van der Waals surface area contributed by atoms with Crippen LogP contribution < -0.4 is 9.64 Å². The van der Waals surface area contributed by atoms with Crippen molar-refractivity contribution in [2.75, 3.05) is 37.8 Å².